The number of allylic oxidation sites excluding steroid dienone is 1. The molecule has 0 unspecified atom stereocenters. The van der Waals surface area contributed by atoms with Gasteiger partial charge in [0.05, 0.1) is 12.4 Å². The van der Waals surface area contributed by atoms with Crippen LogP contribution in [0.1, 0.15) is 12.8 Å². The molecule has 0 aliphatic carbocycles. The lowest BCUT2D eigenvalue weighted by Crippen LogP contribution is -2.02. The van der Waals surface area contributed by atoms with E-state index in [1.807, 2.05) is 17.8 Å². The molecule has 0 atom stereocenters. The Hall–Kier alpha value is -0.890. The molecule has 1 aromatic carbocycles. The van der Waals surface area contributed by atoms with Crippen molar-refractivity contribution in [3.05, 3.63) is 42.2 Å². The molecule has 0 fully saturated rings. The minimum absolute atomic E-state index is 0.890. The summed E-state index contributed by atoms with van der Waals surface area (Å²) < 4.78 is 5.54. The molecule has 1 aliphatic heterocycles. The molecule has 0 saturated heterocycles. The predicted molar refractivity (Wildman–Crippen MR) is 60.4 cm³/mol. The monoisotopic (exact) mass is 206 g/mol. The molecule has 1 heterocycles. The molecule has 0 spiro atoms. The van der Waals surface area contributed by atoms with Crippen molar-refractivity contribution < 1.29 is 4.74 Å². The van der Waals surface area contributed by atoms with Crippen LogP contribution in [0.3, 0.4) is 0 Å². The van der Waals surface area contributed by atoms with E-state index in [9.17, 15) is 0 Å². The Labute approximate surface area is 89.2 Å². The van der Waals surface area contributed by atoms with Gasteiger partial charge >= 0.3 is 0 Å². The number of rotatable bonds is 3. The first kappa shape index (κ1) is 9.66. The van der Waals surface area contributed by atoms with Crippen LogP contribution in [0.25, 0.3) is 0 Å². The topological polar surface area (TPSA) is 9.23 Å². The molecule has 0 aromatic heterocycles. The zero-order valence-electron chi connectivity index (χ0n) is 8.11. The van der Waals surface area contributed by atoms with Crippen LogP contribution >= 0.6 is 11.8 Å². The fourth-order valence-electron chi connectivity index (χ4n) is 1.38. The zero-order valence-corrected chi connectivity index (χ0v) is 8.93. The van der Waals surface area contributed by atoms with Crippen LogP contribution in [0.4, 0.5) is 0 Å². The van der Waals surface area contributed by atoms with E-state index in [0.29, 0.717) is 0 Å². The van der Waals surface area contributed by atoms with Gasteiger partial charge in [0, 0.05) is 4.90 Å². The highest BCUT2D eigenvalue weighted by atomic mass is 32.2. The normalized spacial score (nSPS) is 15.9. The highest BCUT2D eigenvalue weighted by molar-refractivity contribution is 7.99. The van der Waals surface area contributed by atoms with Gasteiger partial charge in [0.25, 0.3) is 0 Å². The quantitative estimate of drug-likeness (QED) is 0.700. The average Bonchev–Trinajstić information content (AvgIpc) is 2.29. The summed E-state index contributed by atoms with van der Waals surface area (Å²) in [6.07, 6.45) is 4.55. The summed E-state index contributed by atoms with van der Waals surface area (Å²) in [7, 11) is 0. The molecule has 2 rings (SSSR count). The van der Waals surface area contributed by atoms with E-state index in [4.69, 9.17) is 4.74 Å². The van der Waals surface area contributed by atoms with Gasteiger partial charge < -0.3 is 4.74 Å². The second-order valence-electron chi connectivity index (χ2n) is 3.26. The SMILES string of the molecule is C1=C(CSc2ccccc2)OCCC1. The van der Waals surface area contributed by atoms with E-state index in [2.05, 4.69) is 30.3 Å². The van der Waals surface area contributed by atoms with Crippen LogP contribution in [0, 0.1) is 0 Å². The van der Waals surface area contributed by atoms with Crippen molar-refractivity contribution in [2.45, 2.75) is 17.7 Å². The van der Waals surface area contributed by atoms with Crippen molar-refractivity contribution >= 4 is 11.8 Å². The molecular weight excluding hydrogens is 192 g/mol. The summed E-state index contributed by atoms with van der Waals surface area (Å²) in [5, 5.41) is 0. The maximum absolute atomic E-state index is 5.54. The number of hydrogen-bond donors (Lipinski definition) is 0. The third kappa shape index (κ3) is 2.81. The number of ether oxygens (including phenoxy) is 1. The van der Waals surface area contributed by atoms with Crippen LogP contribution in [-0.2, 0) is 4.74 Å². The molecule has 0 amide bonds. The number of benzene rings is 1. The lowest BCUT2D eigenvalue weighted by atomic mass is 10.2. The summed E-state index contributed by atoms with van der Waals surface area (Å²) in [4.78, 5) is 1.31. The molecule has 0 saturated carbocycles. The Morgan fingerprint density at radius 1 is 1.21 bits per heavy atom. The van der Waals surface area contributed by atoms with Gasteiger partial charge in [-0.05, 0) is 31.1 Å². The van der Waals surface area contributed by atoms with Crippen LogP contribution in [0.5, 0.6) is 0 Å². The van der Waals surface area contributed by atoms with Crippen molar-refractivity contribution in [2.24, 2.45) is 0 Å². The Bertz CT molecular complexity index is 305. The van der Waals surface area contributed by atoms with E-state index in [-0.39, 0.29) is 0 Å². The van der Waals surface area contributed by atoms with Crippen LogP contribution in [0.2, 0.25) is 0 Å². The molecule has 74 valence electrons. The Kier molecular flexibility index (Phi) is 3.52. The molecule has 0 bridgehead atoms. The van der Waals surface area contributed by atoms with Crippen molar-refractivity contribution in [3.8, 4) is 0 Å². The van der Waals surface area contributed by atoms with E-state index in [1.165, 1.54) is 17.7 Å². The van der Waals surface area contributed by atoms with E-state index in [0.717, 1.165) is 18.1 Å². The molecule has 1 nitrogen and oxygen atoms in total. The first-order valence-electron chi connectivity index (χ1n) is 4.95. The van der Waals surface area contributed by atoms with Gasteiger partial charge in [-0.15, -0.1) is 11.8 Å². The van der Waals surface area contributed by atoms with E-state index < -0.39 is 0 Å². The summed E-state index contributed by atoms with van der Waals surface area (Å²) >= 11 is 1.83. The Morgan fingerprint density at radius 3 is 2.79 bits per heavy atom. The van der Waals surface area contributed by atoms with Gasteiger partial charge in [-0.3, -0.25) is 0 Å². The number of hydrogen-bond acceptors (Lipinski definition) is 2. The van der Waals surface area contributed by atoms with Crippen molar-refractivity contribution in [2.75, 3.05) is 12.4 Å². The highest BCUT2D eigenvalue weighted by Crippen LogP contribution is 2.22. The lowest BCUT2D eigenvalue weighted by molar-refractivity contribution is 0.197. The van der Waals surface area contributed by atoms with Crippen molar-refractivity contribution in [1.82, 2.24) is 0 Å². The maximum Gasteiger partial charge on any atom is 0.102 e. The Balaban J connectivity index is 1.85. The van der Waals surface area contributed by atoms with Gasteiger partial charge in [0.15, 0.2) is 0 Å². The van der Waals surface area contributed by atoms with Crippen LogP contribution in [0.15, 0.2) is 47.1 Å². The minimum atomic E-state index is 0.890. The van der Waals surface area contributed by atoms with Gasteiger partial charge in [-0.25, -0.2) is 0 Å². The average molecular weight is 206 g/mol. The third-order valence-electron chi connectivity index (χ3n) is 2.13. The first-order chi connectivity index (χ1) is 6.95. The summed E-state index contributed by atoms with van der Waals surface area (Å²) in [5.41, 5.74) is 0. The molecule has 1 aliphatic rings. The summed E-state index contributed by atoms with van der Waals surface area (Å²) in [6, 6.07) is 10.4. The predicted octanol–water partition coefficient (Wildman–Crippen LogP) is 3.47. The van der Waals surface area contributed by atoms with Gasteiger partial charge in [0.1, 0.15) is 5.76 Å². The first-order valence-corrected chi connectivity index (χ1v) is 5.93. The molecule has 0 N–H and O–H groups in total. The largest absolute Gasteiger partial charge is 0.497 e. The van der Waals surface area contributed by atoms with Crippen LogP contribution < -0.4 is 0 Å². The second-order valence-corrected chi connectivity index (χ2v) is 4.31. The fourth-order valence-corrected chi connectivity index (χ4v) is 2.24. The molecule has 1 aromatic rings. The molecule has 0 radical (unpaired) electrons. The maximum atomic E-state index is 5.54. The minimum Gasteiger partial charge on any atom is -0.497 e. The van der Waals surface area contributed by atoms with Gasteiger partial charge in [-0.1, -0.05) is 18.2 Å². The Morgan fingerprint density at radius 2 is 2.07 bits per heavy atom. The smallest absolute Gasteiger partial charge is 0.102 e. The zero-order chi connectivity index (χ0) is 9.64. The lowest BCUT2D eigenvalue weighted by Gasteiger charge is -2.14. The summed E-state index contributed by atoms with van der Waals surface area (Å²) in [5.74, 6) is 2.11. The highest BCUT2D eigenvalue weighted by Gasteiger charge is 2.04. The third-order valence-corrected chi connectivity index (χ3v) is 3.17. The fraction of sp³-hybridized carbons (Fsp3) is 0.333. The van der Waals surface area contributed by atoms with E-state index >= 15 is 0 Å². The van der Waals surface area contributed by atoms with Gasteiger partial charge in [0.2, 0.25) is 0 Å². The van der Waals surface area contributed by atoms with Crippen molar-refractivity contribution in [3.63, 3.8) is 0 Å². The second kappa shape index (κ2) is 5.11. The number of thioether (sulfide) groups is 1. The standard InChI is InChI=1S/C12H14OS/c1-2-7-12(8-3-1)14-10-11-6-4-5-9-13-11/h1-3,6-8H,4-5,9-10H2. The van der Waals surface area contributed by atoms with Gasteiger partial charge in [-0.2, -0.15) is 0 Å². The van der Waals surface area contributed by atoms with Crippen LogP contribution in [-0.4, -0.2) is 12.4 Å². The van der Waals surface area contributed by atoms with Crippen molar-refractivity contribution in [1.29, 1.82) is 0 Å². The van der Waals surface area contributed by atoms with E-state index in [1.54, 1.807) is 0 Å². The molecular formula is C12H14OS. The summed E-state index contributed by atoms with van der Waals surface area (Å²) in [6.45, 7) is 0.890. The molecule has 14 heavy (non-hydrogen) atoms. The molecule has 2 heteroatoms.